The summed E-state index contributed by atoms with van der Waals surface area (Å²) in [5, 5.41) is 4.52. The van der Waals surface area contributed by atoms with Crippen LogP contribution in [-0.4, -0.2) is 25.4 Å². The van der Waals surface area contributed by atoms with Gasteiger partial charge in [0.1, 0.15) is 11.5 Å². The third-order valence-corrected chi connectivity index (χ3v) is 3.30. The van der Waals surface area contributed by atoms with Crippen LogP contribution in [0.25, 0.3) is 17.2 Å². The van der Waals surface area contributed by atoms with Gasteiger partial charge in [-0.05, 0) is 26.0 Å². The summed E-state index contributed by atoms with van der Waals surface area (Å²) in [5.41, 5.74) is 1.35. The van der Waals surface area contributed by atoms with Gasteiger partial charge < -0.3 is 4.42 Å². The van der Waals surface area contributed by atoms with Gasteiger partial charge in [0.15, 0.2) is 23.1 Å². The molecule has 3 aromatic heterocycles. The molecule has 6 nitrogen and oxygen atoms in total. The zero-order valence-corrected chi connectivity index (χ0v) is 13.1. The van der Waals surface area contributed by atoms with Crippen molar-refractivity contribution in [1.29, 1.82) is 0 Å². The normalized spacial score (nSPS) is 11.5. The van der Waals surface area contributed by atoms with Crippen LogP contribution in [0.2, 0.25) is 0 Å². The van der Waals surface area contributed by atoms with Crippen molar-refractivity contribution in [2.45, 2.75) is 40.0 Å². The quantitative estimate of drug-likeness (QED) is 0.740. The SMILES string of the molecule is CC(=O)Cc1cc2nc(C(C)C)nn2c(-c2ccc(C)o2)n1. The molecular formula is C16H18N4O2. The second kappa shape index (κ2) is 5.36. The first-order valence-corrected chi connectivity index (χ1v) is 7.27. The molecule has 3 heterocycles. The van der Waals surface area contributed by atoms with Gasteiger partial charge >= 0.3 is 0 Å². The molecule has 0 aliphatic rings. The molecule has 0 radical (unpaired) electrons. The van der Waals surface area contributed by atoms with E-state index in [2.05, 4.69) is 15.1 Å². The molecule has 0 aromatic carbocycles. The van der Waals surface area contributed by atoms with E-state index >= 15 is 0 Å². The fourth-order valence-corrected chi connectivity index (χ4v) is 2.26. The average Bonchev–Trinajstić information content (AvgIpc) is 3.03. The molecule has 0 fully saturated rings. The molecule has 0 unspecified atom stereocenters. The Morgan fingerprint density at radius 1 is 1.32 bits per heavy atom. The Kier molecular flexibility index (Phi) is 3.52. The number of aromatic nitrogens is 4. The lowest BCUT2D eigenvalue weighted by Crippen LogP contribution is -2.05. The molecule has 6 heteroatoms. The molecule has 0 bridgehead atoms. The van der Waals surface area contributed by atoms with E-state index in [4.69, 9.17) is 4.42 Å². The predicted molar refractivity (Wildman–Crippen MR) is 81.7 cm³/mol. The molecule has 0 aliphatic carbocycles. The molecule has 114 valence electrons. The smallest absolute Gasteiger partial charge is 0.199 e. The Morgan fingerprint density at radius 2 is 2.09 bits per heavy atom. The van der Waals surface area contributed by atoms with Crippen LogP contribution in [0.3, 0.4) is 0 Å². The van der Waals surface area contributed by atoms with Crippen LogP contribution >= 0.6 is 0 Å². The lowest BCUT2D eigenvalue weighted by molar-refractivity contribution is -0.116. The highest BCUT2D eigenvalue weighted by Gasteiger charge is 2.17. The fraction of sp³-hybridized carbons (Fsp3) is 0.375. The van der Waals surface area contributed by atoms with Gasteiger partial charge in [0.25, 0.3) is 0 Å². The van der Waals surface area contributed by atoms with Crippen molar-refractivity contribution < 1.29 is 9.21 Å². The molecule has 0 spiro atoms. The van der Waals surface area contributed by atoms with E-state index in [1.165, 1.54) is 0 Å². The van der Waals surface area contributed by atoms with Crippen molar-refractivity contribution in [3.8, 4) is 11.6 Å². The van der Waals surface area contributed by atoms with Crippen LogP contribution in [0.5, 0.6) is 0 Å². The molecule has 0 aliphatic heterocycles. The summed E-state index contributed by atoms with van der Waals surface area (Å²) in [5.74, 6) is 3.00. The molecular weight excluding hydrogens is 280 g/mol. The molecule has 0 N–H and O–H groups in total. The number of fused-ring (bicyclic) bond motifs is 1. The third-order valence-electron chi connectivity index (χ3n) is 3.30. The number of carbonyl (C=O) groups excluding carboxylic acids is 1. The molecule has 0 saturated heterocycles. The Hall–Kier alpha value is -2.50. The van der Waals surface area contributed by atoms with Gasteiger partial charge in [0, 0.05) is 18.4 Å². The highest BCUT2D eigenvalue weighted by Crippen LogP contribution is 2.23. The molecule has 22 heavy (non-hydrogen) atoms. The van der Waals surface area contributed by atoms with Gasteiger partial charge in [-0.2, -0.15) is 4.52 Å². The van der Waals surface area contributed by atoms with Crippen LogP contribution in [-0.2, 0) is 11.2 Å². The third kappa shape index (κ3) is 2.64. The van der Waals surface area contributed by atoms with Crippen molar-refractivity contribution in [2.24, 2.45) is 0 Å². The minimum absolute atomic E-state index is 0.0574. The van der Waals surface area contributed by atoms with Crippen LogP contribution < -0.4 is 0 Å². The van der Waals surface area contributed by atoms with Gasteiger partial charge in [0.05, 0.1) is 5.69 Å². The van der Waals surface area contributed by atoms with Crippen molar-refractivity contribution in [3.05, 3.63) is 35.5 Å². The molecule has 3 rings (SSSR count). The van der Waals surface area contributed by atoms with E-state index in [0.717, 1.165) is 11.6 Å². The maximum absolute atomic E-state index is 11.4. The second-order valence-electron chi connectivity index (χ2n) is 5.75. The Balaban J connectivity index is 2.23. The summed E-state index contributed by atoms with van der Waals surface area (Å²) in [6.45, 7) is 7.50. The van der Waals surface area contributed by atoms with Gasteiger partial charge in [-0.15, -0.1) is 5.10 Å². The summed E-state index contributed by atoms with van der Waals surface area (Å²) < 4.78 is 7.35. The van der Waals surface area contributed by atoms with Gasteiger partial charge in [-0.1, -0.05) is 13.8 Å². The standard InChI is InChI=1S/C16H18N4O2/c1-9(2)15-18-14-8-12(7-10(3)21)17-16(20(14)19-15)13-6-5-11(4)22-13/h5-6,8-9H,7H2,1-4H3. The molecule has 3 aromatic rings. The zero-order chi connectivity index (χ0) is 15.9. The number of ketones is 1. The minimum atomic E-state index is 0.0574. The van der Waals surface area contributed by atoms with Crippen molar-refractivity contribution in [3.63, 3.8) is 0 Å². The Labute approximate surface area is 128 Å². The maximum atomic E-state index is 11.4. The topological polar surface area (TPSA) is 73.3 Å². The Morgan fingerprint density at radius 3 is 2.68 bits per heavy atom. The van der Waals surface area contributed by atoms with Crippen LogP contribution in [0.1, 0.15) is 44.0 Å². The highest BCUT2D eigenvalue weighted by molar-refractivity contribution is 5.78. The van der Waals surface area contributed by atoms with E-state index in [-0.39, 0.29) is 18.1 Å². The van der Waals surface area contributed by atoms with Crippen LogP contribution in [0, 0.1) is 6.92 Å². The number of rotatable bonds is 4. The number of aryl methyl sites for hydroxylation is 1. The predicted octanol–water partition coefficient (Wildman–Crippen LogP) is 2.95. The number of hydrogen-bond acceptors (Lipinski definition) is 5. The van der Waals surface area contributed by atoms with Crippen LogP contribution in [0.4, 0.5) is 0 Å². The van der Waals surface area contributed by atoms with Gasteiger partial charge in [0.2, 0.25) is 0 Å². The summed E-state index contributed by atoms with van der Waals surface area (Å²) in [6.07, 6.45) is 0.271. The van der Waals surface area contributed by atoms with Crippen LogP contribution in [0.15, 0.2) is 22.6 Å². The van der Waals surface area contributed by atoms with E-state index in [1.807, 2.05) is 32.9 Å². The van der Waals surface area contributed by atoms with E-state index < -0.39 is 0 Å². The number of Topliss-reactive ketones (excluding diaryl/α,β-unsaturated/α-hetero) is 1. The molecule has 0 amide bonds. The fourth-order valence-electron chi connectivity index (χ4n) is 2.26. The number of furan rings is 1. The first-order valence-electron chi connectivity index (χ1n) is 7.27. The van der Waals surface area contributed by atoms with Crippen molar-refractivity contribution in [1.82, 2.24) is 19.6 Å². The monoisotopic (exact) mass is 298 g/mol. The molecule has 0 atom stereocenters. The minimum Gasteiger partial charge on any atom is -0.458 e. The number of carbonyl (C=O) groups is 1. The Bertz CT molecular complexity index is 845. The van der Waals surface area contributed by atoms with E-state index in [9.17, 15) is 4.79 Å². The van der Waals surface area contributed by atoms with Crippen molar-refractivity contribution >= 4 is 11.4 Å². The summed E-state index contributed by atoms with van der Waals surface area (Å²) in [6, 6.07) is 5.53. The lowest BCUT2D eigenvalue weighted by atomic mass is 10.2. The average molecular weight is 298 g/mol. The van der Waals surface area contributed by atoms with Crippen molar-refractivity contribution in [2.75, 3.05) is 0 Å². The van der Waals surface area contributed by atoms with E-state index in [0.29, 0.717) is 22.9 Å². The summed E-state index contributed by atoms with van der Waals surface area (Å²) in [7, 11) is 0. The highest BCUT2D eigenvalue weighted by atomic mass is 16.3. The maximum Gasteiger partial charge on any atom is 0.199 e. The van der Waals surface area contributed by atoms with Gasteiger partial charge in [-0.25, -0.2) is 9.97 Å². The summed E-state index contributed by atoms with van der Waals surface area (Å²) in [4.78, 5) is 20.5. The number of hydrogen-bond donors (Lipinski definition) is 0. The first-order chi connectivity index (χ1) is 10.4. The lowest BCUT2D eigenvalue weighted by Gasteiger charge is -2.04. The zero-order valence-electron chi connectivity index (χ0n) is 13.1. The number of nitrogens with zero attached hydrogens (tertiary/aromatic N) is 4. The second-order valence-corrected chi connectivity index (χ2v) is 5.75. The van der Waals surface area contributed by atoms with Gasteiger partial charge in [-0.3, -0.25) is 4.79 Å². The summed E-state index contributed by atoms with van der Waals surface area (Å²) >= 11 is 0. The van der Waals surface area contributed by atoms with E-state index in [1.54, 1.807) is 17.5 Å². The largest absolute Gasteiger partial charge is 0.458 e. The molecule has 0 saturated carbocycles. The first kappa shape index (κ1) is 14.4.